The van der Waals surface area contributed by atoms with E-state index < -0.39 is 71.5 Å². The van der Waals surface area contributed by atoms with Crippen LogP contribution in [0.2, 0.25) is 0 Å². The number of carbonyl (C=O) groups is 1. The van der Waals surface area contributed by atoms with Gasteiger partial charge in [0.25, 0.3) is 0 Å². The molecule has 1 heterocycles. The summed E-state index contributed by atoms with van der Waals surface area (Å²) < 4.78 is 127. The van der Waals surface area contributed by atoms with E-state index in [4.69, 9.17) is 10.1 Å². The van der Waals surface area contributed by atoms with Crippen LogP contribution in [0.15, 0.2) is 66.9 Å². The number of aryl methyl sites for hydroxylation is 1. The molecule has 0 saturated carbocycles. The van der Waals surface area contributed by atoms with Crippen molar-refractivity contribution in [2.45, 2.75) is 44.4 Å². The number of aliphatic hydroxyl groups is 1. The van der Waals surface area contributed by atoms with E-state index in [2.05, 4.69) is 4.98 Å². The summed E-state index contributed by atoms with van der Waals surface area (Å²) in [5.41, 5.74) is -4.17. The molecule has 4 aromatic rings. The average molecular weight is 685 g/mol. The van der Waals surface area contributed by atoms with Crippen LogP contribution in [0.25, 0.3) is 22.3 Å². The van der Waals surface area contributed by atoms with Crippen molar-refractivity contribution in [3.8, 4) is 28.0 Å². The van der Waals surface area contributed by atoms with E-state index in [1.54, 1.807) is 25.1 Å². The van der Waals surface area contributed by atoms with Crippen molar-refractivity contribution in [3.63, 3.8) is 0 Å². The van der Waals surface area contributed by atoms with Crippen molar-refractivity contribution in [1.82, 2.24) is 4.98 Å². The van der Waals surface area contributed by atoms with Crippen LogP contribution in [0.1, 0.15) is 56.4 Å². The van der Waals surface area contributed by atoms with Crippen LogP contribution in [0.3, 0.4) is 0 Å². The number of carboxylic acids is 1. The van der Waals surface area contributed by atoms with Gasteiger partial charge in [-0.3, -0.25) is 4.98 Å². The number of aromatic nitrogens is 1. The number of nitrogens with zero attached hydrogens (tertiary/aromatic N) is 1. The summed E-state index contributed by atoms with van der Waals surface area (Å²) in [5.74, 6) is -0.974. The smallest absolute Gasteiger partial charge is 0.433 e. The Bertz CT molecular complexity index is 1830. The molecule has 0 aliphatic carbocycles. The monoisotopic (exact) mass is 684 g/mol. The third kappa shape index (κ3) is 8.13. The molecule has 4 rings (SSSR count). The Morgan fingerprint density at radius 2 is 1.46 bits per heavy atom. The molecule has 3 N–H and O–H groups in total. The van der Waals surface area contributed by atoms with E-state index in [-0.39, 0.29) is 34.1 Å². The zero-order valence-electron chi connectivity index (χ0n) is 24.9. The van der Waals surface area contributed by atoms with E-state index in [9.17, 15) is 54.5 Å². The quantitative estimate of drug-likeness (QED) is 0.121. The zero-order valence-corrected chi connectivity index (χ0v) is 24.9. The first kappa shape index (κ1) is 35.9. The minimum atomic E-state index is -5.19. The fourth-order valence-electron chi connectivity index (χ4n) is 5.07. The van der Waals surface area contributed by atoms with Gasteiger partial charge in [-0.25, -0.2) is 4.79 Å². The highest BCUT2D eigenvalue weighted by Gasteiger charge is 2.38. The van der Waals surface area contributed by atoms with Crippen LogP contribution < -0.4 is 4.74 Å². The third-order valence-corrected chi connectivity index (χ3v) is 7.39. The number of aromatic carboxylic acids is 1. The molecule has 0 spiro atoms. The summed E-state index contributed by atoms with van der Waals surface area (Å²) in [6.45, 7) is 1.66. The summed E-state index contributed by atoms with van der Waals surface area (Å²) in [4.78, 5) is 14.9. The molecule has 0 radical (unpaired) electrons. The van der Waals surface area contributed by atoms with Crippen LogP contribution >= 0.6 is 0 Å². The van der Waals surface area contributed by atoms with Gasteiger partial charge in [0.1, 0.15) is 11.4 Å². The van der Waals surface area contributed by atoms with Gasteiger partial charge in [-0.2, -0.15) is 39.5 Å². The first-order valence-electron chi connectivity index (χ1n) is 13.8. The second-order valence-corrected chi connectivity index (χ2v) is 10.8. The van der Waals surface area contributed by atoms with Crippen molar-refractivity contribution < 1.29 is 59.3 Å². The van der Waals surface area contributed by atoms with E-state index in [0.717, 1.165) is 6.20 Å². The number of carboxylic acid groups (broad SMARTS) is 1. The molecule has 0 saturated heterocycles. The van der Waals surface area contributed by atoms with Gasteiger partial charge in [-0.05, 0) is 83.3 Å². The minimum Gasteiger partial charge on any atom is -0.496 e. The Morgan fingerprint density at radius 1 is 0.833 bits per heavy atom. The van der Waals surface area contributed by atoms with Gasteiger partial charge in [-0.15, -0.1) is 0 Å². The second kappa shape index (κ2) is 13.3. The number of halogens is 9. The number of hydrogen-bond acceptors (Lipinski definition) is 5. The molecule has 0 fully saturated rings. The van der Waals surface area contributed by atoms with Crippen LogP contribution in [0.5, 0.6) is 5.75 Å². The van der Waals surface area contributed by atoms with Crippen molar-refractivity contribution >= 4 is 11.7 Å². The van der Waals surface area contributed by atoms with Gasteiger partial charge in [0.15, 0.2) is 0 Å². The Kier molecular flexibility index (Phi) is 9.95. The largest absolute Gasteiger partial charge is 0.496 e. The fraction of sp³-hybridized carbons (Fsp3) is 0.242. The minimum absolute atomic E-state index is 0.0275. The van der Waals surface area contributed by atoms with Gasteiger partial charge in [0, 0.05) is 35.9 Å². The Morgan fingerprint density at radius 3 is 1.98 bits per heavy atom. The SMILES string of the molecule is COc1ccc(-c2ccc(C(=O)O)cc2C)cc1-c1cnc(C(F)(F)F)cc1CC(=N)C[C@H](O)c1cc(C(F)(F)F)cc(C(F)(F)F)c1. The molecule has 1 aromatic heterocycles. The maximum Gasteiger partial charge on any atom is 0.433 e. The molecule has 1 atom stereocenters. The number of aliphatic hydroxyl groups excluding tert-OH is 1. The van der Waals surface area contributed by atoms with E-state index in [1.807, 2.05) is 0 Å². The van der Waals surface area contributed by atoms with Crippen LogP contribution in [-0.4, -0.2) is 34.0 Å². The lowest BCUT2D eigenvalue weighted by molar-refractivity contribution is -0.143. The highest BCUT2D eigenvalue weighted by atomic mass is 19.4. The number of hydrogen-bond donors (Lipinski definition) is 3. The van der Waals surface area contributed by atoms with Crippen molar-refractivity contribution in [3.05, 3.63) is 106 Å². The summed E-state index contributed by atoms with van der Waals surface area (Å²) in [5, 5.41) is 28.3. The normalized spacial score (nSPS) is 12.9. The first-order chi connectivity index (χ1) is 22.2. The zero-order chi connectivity index (χ0) is 35.8. The first-order valence-corrected chi connectivity index (χ1v) is 13.8. The standard InChI is InChI=1S/C33H25F9N2O4/c1-16-7-18(30(46)47)3-5-24(16)17-4-6-28(48-2)25(11-17)26-15-44-29(33(40,41)42)12-19(26)10-23(43)14-27(45)20-8-21(31(34,35)36)13-22(9-20)32(37,38)39/h3-9,11-13,15,27,43,45H,10,14H2,1-2H3,(H,46,47)/t27-/m0/s1. The number of benzene rings is 3. The fourth-order valence-corrected chi connectivity index (χ4v) is 5.07. The number of nitrogens with one attached hydrogen (secondary N) is 1. The molecule has 0 aliphatic heterocycles. The number of ether oxygens (including phenoxy) is 1. The van der Waals surface area contributed by atoms with Crippen LogP contribution in [-0.2, 0) is 24.9 Å². The Hall–Kier alpha value is -4.92. The molecule has 0 unspecified atom stereocenters. The molecular formula is C33H25F9N2O4. The van der Waals surface area contributed by atoms with Gasteiger partial charge in [0.05, 0.1) is 29.9 Å². The topological polar surface area (TPSA) is 104 Å². The lowest BCUT2D eigenvalue weighted by atomic mass is 9.91. The predicted octanol–water partition coefficient (Wildman–Crippen LogP) is 9.17. The molecule has 0 amide bonds. The summed E-state index contributed by atoms with van der Waals surface area (Å²) in [6.07, 6.45) is -17.9. The van der Waals surface area contributed by atoms with Gasteiger partial charge in [0.2, 0.25) is 0 Å². The Balaban J connectivity index is 1.75. The van der Waals surface area contributed by atoms with Gasteiger partial charge < -0.3 is 20.4 Å². The lowest BCUT2D eigenvalue weighted by Crippen LogP contribution is -2.15. The highest BCUT2D eigenvalue weighted by molar-refractivity contribution is 5.90. The number of pyridine rings is 1. The predicted molar refractivity (Wildman–Crippen MR) is 156 cm³/mol. The van der Waals surface area contributed by atoms with Crippen LogP contribution in [0, 0.1) is 12.3 Å². The molecule has 48 heavy (non-hydrogen) atoms. The third-order valence-electron chi connectivity index (χ3n) is 7.39. The maximum absolute atomic E-state index is 13.7. The molecule has 254 valence electrons. The van der Waals surface area contributed by atoms with Crippen LogP contribution in [0.4, 0.5) is 39.5 Å². The Labute approximate surface area is 267 Å². The summed E-state index contributed by atoms with van der Waals surface area (Å²) in [7, 11) is 1.30. The molecule has 0 bridgehead atoms. The van der Waals surface area contributed by atoms with Crippen molar-refractivity contribution in [1.29, 1.82) is 5.41 Å². The van der Waals surface area contributed by atoms with Crippen molar-refractivity contribution in [2.75, 3.05) is 7.11 Å². The average Bonchev–Trinajstić information content (AvgIpc) is 2.99. The summed E-state index contributed by atoms with van der Waals surface area (Å²) >= 11 is 0. The van der Waals surface area contributed by atoms with Gasteiger partial charge >= 0.3 is 24.5 Å². The lowest BCUT2D eigenvalue weighted by Gasteiger charge is -2.19. The number of methoxy groups -OCH3 is 1. The highest BCUT2D eigenvalue weighted by Crippen LogP contribution is 2.40. The molecular weight excluding hydrogens is 659 g/mol. The number of rotatable bonds is 9. The van der Waals surface area contributed by atoms with E-state index in [1.165, 1.54) is 25.3 Å². The summed E-state index contributed by atoms with van der Waals surface area (Å²) in [6, 6.07) is 10.2. The van der Waals surface area contributed by atoms with E-state index in [0.29, 0.717) is 34.9 Å². The van der Waals surface area contributed by atoms with Gasteiger partial charge in [-0.1, -0.05) is 12.1 Å². The molecule has 6 nitrogen and oxygen atoms in total. The molecule has 0 aliphatic rings. The van der Waals surface area contributed by atoms with E-state index >= 15 is 0 Å². The number of alkyl halides is 9. The molecule has 3 aromatic carbocycles. The second-order valence-electron chi connectivity index (χ2n) is 10.8. The van der Waals surface area contributed by atoms with Crippen molar-refractivity contribution in [2.24, 2.45) is 0 Å². The molecule has 15 heteroatoms. The maximum atomic E-state index is 13.7.